The Morgan fingerprint density at radius 1 is 1.33 bits per heavy atom. The number of halogens is 1. The maximum Gasteiger partial charge on any atom is 0.330 e. The van der Waals surface area contributed by atoms with Gasteiger partial charge in [-0.25, -0.2) is 9.78 Å². The molecule has 0 aliphatic rings. The number of hydrogen-bond acceptors (Lipinski definition) is 6. The molecule has 154 valence electrons. The number of carbonyl (C=O) groups is 1. The average Bonchev–Trinajstić information content (AvgIpc) is 2.75. The summed E-state index contributed by atoms with van der Waals surface area (Å²) in [5.74, 6) is 0.391. The van der Waals surface area contributed by atoms with E-state index in [9.17, 15) is 4.79 Å². The summed E-state index contributed by atoms with van der Waals surface area (Å²) in [6.45, 7) is 2.02. The Kier molecular flexibility index (Phi) is 6.64. The third-order valence-electron chi connectivity index (χ3n) is 4.46. The molecular weight excluding hydrogens is 404 g/mol. The quantitative estimate of drug-likeness (QED) is 0.269. The standard InChI is InChI=1S/C22H21ClN4O3/c1-13-9-16(22(24)25-2)15-5-4-6-19(21(15)27-13)30-12-17-14(7-8-20(28)29-3)10-26-11-18(17)23/h4-11H,12H2,1-3H3,(H2,24,25)/b8-7+. The maximum absolute atomic E-state index is 11.4. The summed E-state index contributed by atoms with van der Waals surface area (Å²) in [7, 11) is 3.02. The van der Waals surface area contributed by atoms with Crippen LogP contribution in [0.15, 0.2) is 42.7 Å². The van der Waals surface area contributed by atoms with Gasteiger partial charge in [0.2, 0.25) is 0 Å². The van der Waals surface area contributed by atoms with E-state index in [0.717, 1.165) is 16.6 Å². The minimum atomic E-state index is -0.477. The third kappa shape index (κ3) is 4.58. The van der Waals surface area contributed by atoms with Crippen molar-refractivity contribution >= 4 is 40.4 Å². The molecule has 0 spiro atoms. The molecule has 8 heteroatoms. The Morgan fingerprint density at radius 3 is 2.87 bits per heavy atom. The number of aryl methyl sites for hydroxylation is 1. The number of nitrogens with zero attached hydrogens (tertiary/aromatic N) is 2. The van der Waals surface area contributed by atoms with Gasteiger partial charge in [-0.05, 0) is 25.1 Å². The monoisotopic (exact) mass is 424 g/mol. The fourth-order valence-corrected chi connectivity index (χ4v) is 3.18. The fraction of sp³-hybridized carbons (Fsp3) is 0.182. The van der Waals surface area contributed by atoms with Crippen molar-refractivity contribution in [2.24, 2.45) is 0 Å². The Labute approximate surface area is 179 Å². The highest BCUT2D eigenvalue weighted by Gasteiger charge is 2.13. The minimum Gasteiger partial charge on any atom is -0.487 e. The van der Waals surface area contributed by atoms with Gasteiger partial charge in [0.05, 0.1) is 12.1 Å². The van der Waals surface area contributed by atoms with Gasteiger partial charge in [-0.3, -0.25) is 10.4 Å². The molecule has 3 rings (SSSR count). The van der Waals surface area contributed by atoms with Gasteiger partial charge in [-0.2, -0.15) is 0 Å². The predicted octanol–water partition coefficient (Wildman–Crippen LogP) is 3.90. The van der Waals surface area contributed by atoms with Crippen LogP contribution in [0.3, 0.4) is 0 Å². The van der Waals surface area contributed by atoms with Gasteiger partial charge in [0, 0.05) is 53.3 Å². The molecule has 2 aromatic heterocycles. The molecule has 2 N–H and O–H groups in total. The van der Waals surface area contributed by atoms with E-state index in [0.29, 0.717) is 33.3 Å². The van der Waals surface area contributed by atoms with Crippen LogP contribution in [0.4, 0.5) is 0 Å². The summed E-state index contributed by atoms with van der Waals surface area (Å²) in [5.41, 5.74) is 3.50. The van der Waals surface area contributed by atoms with Gasteiger partial charge in [-0.1, -0.05) is 23.7 Å². The van der Waals surface area contributed by atoms with Crippen molar-refractivity contribution < 1.29 is 14.3 Å². The molecule has 1 aromatic carbocycles. The number of carbonyl (C=O) groups excluding carboxylic acids is 1. The molecular formula is C22H21ClN4O3. The van der Waals surface area contributed by atoms with Crippen LogP contribution in [0, 0.1) is 12.3 Å². The number of fused-ring (bicyclic) bond motifs is 1. The number of esters is 1. The van der Waals surface area contributed by atoms with E-state index in [1.54, 1.807) is 19.3 Å². The number of nitrogens with one attached hydrogen (secondary N) is 2. The second kappa shape index (κ2) is 9.37. The van der Waals surface area contributed by atoms with E-state index in [4.69, 9.17) is 21.7 Å². The highest BCUT2D eigenvalue weighted by molar-refractivity contribution is 6.31. The summed E-state index contributed by atoms with van der Waals surface area (Å²) in [6, 6.07) is 7.44. The first-order valence-electron chi connectivity index (χ1n) is 9.12. The summed E-state index contributed by atoms with van der Waals surface area (Å²) >= 11 is 6.33. The Morgan fingerprint density at radius 2 is 2.13 bits per heavy atom. The van der Waals surface area contributed by atoms with Crippen LogP contribution >= 0.6 is 11.6 Å². The summed E-state index contributed by atoms with van der Waals surface area (Å²) < 4.78 is 10.7. The van der Waals surface area contributed by atoms with Crippen LogP contribution in [0.2, 0.25) is 5.02 Å². The second-order valence-electron chi connectivity index (χ2n) is 6.42. The van der Waals surface area contributed by atoms with Crippen molar-refractivity contribution in [3.05, 3.63) is 70.1 Å². The molecule has 3 aromatic rings. The number of hydrogen-bond donors (Lipinski definition) is 2. The van der Waals surface area contributed by atoms with Gasteiger partial charge < -0.3 is 14.8 Å². The zero-order chi connectivity index (χ0) is 21.7. The Hall–Kier alpha value is -3.45. The number of benzene rings is 1. The molecule has 0 saturated heterocycles. The molecule has 7 nitrogen and oxygen atoms in total. The number of para-hydroxylation sites is 1. The van der Waals surface area contributed by atoms with Crippen molar-refractivity contribution in [2.75, 3.05) is 14.2 Å². The predicted molar refractivity (Wildman–Crippen MR) is 117 cm³/mol. The SMILES string of the molecule is CNC(=N)c1cc(C)nc2c(OCc3c(Cl)cncc3/C=C/C(=O)OC)cccc12. The van der Waals surface area contributed by atoms with E-state index < -0.39 is 5.97 Å². The Balaban J connectivity index is 1.97. The summed E-state index contributed by atoms with van der Waals surface area (Å²) in [6.07, 6.45) is 6.01. The molecule has 0 saturated carbocycles. The first-order valence-corrected chi connectivity index (χ1v) is 9.50. The Bertz CT molecular complexity index is 1140. The lowest BCUT2D eigenvalue weighted by molar-refractivity contribution is -0.134. The number of rotatable bonds is 6. The number of ether oxygens (including phenoxy) is 2. The van der Waals surface area contributed by atoms with E-state index in [-0.39, 0.29) is 6.61 Å². The van der Waals surface area contributed by atoms with Gasteiger partial charge in [0.1, 0.15) is 23.7 Å². The number of aromatic nitrogens is 2. The molecule has 2 heterocycles. The number of amidine groups is 1. The lowest BCUT2D eigenvalue weighted by atomic mass is 10.1. The van der Waals surface area contributed by atoms with E-state index in [1.165, 1.54) is 19.4 Å². The third-order valence-corrected chi connectivity index (χ3v) is 4.79. The van der Waals surface area contributed by atoms with E-state index in [2.05, 4.69) is 20.0 Å². The zero-order valence-corrected chi connectivity index (χ0v) is 17.6. The number of methoxy groups -OCH3 is 1. The average molecular weight is 425 g/mol. The smallest absolute Gasteiger partial charge is 0.330 e. The van der Waals surface area contributed by atoms with Crippen LogP contribution in [-0.2, 0) is 16.1 Å². The highest BCUT2D eigenvalue weighted by atomic mass is 35.5. The molecule has 30 heavy (non-hydrogen) atoms. The first-order chi connectivity index (χ1) is 14.4. The minimum absolute atomic E-state index is 0.149. The van der Waals surface area contributed by atoms with E-state index in [1.807, 2.05) is 31.2 Å². The van der Waals surface area contributed by atoms with Crippen LogP contribution in [0.5, 0.6) is 5.75 Å². The van der Waals surface area contributed by atoms with Crippen LogP contribution < -0.4 is 10.1 Å². The topological polar surface area (TPSA) is 97.2 Å². The van der Waals surface area contributed by atoms with Gasteiger partial charge >= 0.3 is 5.97 Å². The molecule has 0 unspecified atom stereocenters. The molecule has 0 bridgehead atoms. The van der Waals surface area contributed by atoms with Gasteiger partial charge in [0.25, 0.3) is 0 Å². The van der Waals surface area contributed by atoms with Crippen LogP contribution in [0.1, 0.15) is 22.4 Å². The molecule has 0 aliphatic carbocycles. The van der Waals surface area contributed by atoms with Crippen molar-refractivity contribution in [1.82, 2.24) is 15.3 Å². The lowest BCUT2D eigenvalue weighted by Crippen LogP contribution is -2.18. The largest absolute Gasteiger partial charge is 0.487 e. The highest BCUT2D eigenvalue weighted by Crippen LogP contribution is 2.29. The summed E-state index contributed by atoms with van der Waals surface area (Å²) in [4.78, 5) is 20.1. The molecule has 0 aliphatic heterocycles. The second-order valence-corrected chi connectivity index (χ2v) is 6.83. The molecule has 0 atom stereocenters. The van der Waals surface area contributed by atoms with Gasteiger partial charge in [0.15, 0.2) is 0 Å². The van der Waals surface area contributed by atoms with Crippen molar-refractivity contribution in [3.63, 3.8) is 0 Å². The summed E-state index contributed by atoms with van der Waals surface area (Å²) in [5, 5.41) is 12.3. The van der Waals surface area contributed by atoms with Crippen molar-refractivity contribution in [3.8, 4) is 5.75 Å². The van der Waals surface area contributed by atoms with Crippen molar-refractivity contribution in [2.45, 2.75) is 13.5 Å². The van der Waals surface area contributed by atoms with E-state index >= 15 is 0 Å². The van der Waals surface area contributed by atoms with Crippen LogP contribution in [0.25, 0.3) is 17.0 Å². The van der Waals surface area contributed by atoms with Crippen molar-refractivity contribution in [1.29, 1.82) is 5.41 Å². The molecule has 0 amide bonds. The van der Waals surface area contributed by atoms with Crippen LogP contribution in [-0.4, -0.2) is 35.9 Å². The zero-order valence-electron chi connectivity index (χ0n) is 16.8. The first kappa shape index (κ1) is 21.3. The maximum atomic E-state index is 11.4. The van der Waals surface area contributed by atoms with Gasteiger partial charge in [-0.15, -0.1) is 0 Å². The fourth-order valence-electron chi connectivity index (χ4n) is 2.96. The molecule has 0 radical (unpaired) electrons. The number of pyridine rings is 2. The molecule has 0 fully saturated rings. The normalized spacial score (nSPS) is 10.9. The lowest BCUT2D eigenvalue weighted by Gasteiger charge is -2.14.